The largest absolute Gasteiger partial charge is 0.369 e. The third-order valence-corrected chi connectivity index (χ3v) is 4.09. The fourth-order valence-corrected chi connectivity index (χ4v) is 2.79. The Morgan fingerprint density at radius 2 is 2.15 bits per heavy atom. The van der Waals surface area contributed by atoms with Crippen molar-refractivity contribution < 1.29 is 4.79 Å². The minimum absolute atomic E-state index is 0.214. The van der Waals surface area contributed by atoms with E-state index < -0.39 is 5.41 Å². The van der Waals surface area contributed by atoms with Crippen LogP contribution in [-0.4, -0.2) is 29.0 Å². The van der Waals surface area contributed by atoms with Crippen molar-refractivity contribution in [2.24, 2.45) is 11.1 Å². The van der Waals surface area contributed by atoms with Gasteiger partial charge >= 0.3 is 0 Å². The van der Waals surface area contributed by atoms with Crippen molar-refractivity contribution in [3.8, 4) is 0 Å². The number of primary amides is 1. The van der Waals surface area contributed by atoms with Gasteiger partial charge in [-0.05, 0) is 37.1 Å². The van der Waals surface area contributed by atoms with Crippen LogP contribution >= 0.6 is 11.6 Å². The van der Waals surface area contributed by atoms with Crippen molar-refractivity contribution in [3.63, 3.8) is 0 Å². The number of halogens is 1. The van der Waals surface area contributed by atoms with E-state index in [1.807, 2.05) is 31.2 Å². The molecular weight excluding hydrogens is 276 g/mol. The Balaban J connectivity index is 2.05. The van der Waals surface area contributed by atoms with Crippen molar-refractivity contribution >= 4 is 34.2 Å². The standard InChI is InChI=1S/C14H15ClN4O/c1-14(12(16)20)6-7-19(8-14)11-9-4-2-3-5-10(9)17-13(15)18-11/h2-5H,6-8H2,1H3,(H2,16,20). The second kappa shape index (κ2) is 4.59. The van der Waals surface area contributed by atoms with Gasteiger partial charge in [0.05, 0.1) is 10.9 Å². The molecule has 2 aromatic rings. The molecular formula is C14H15ClN4O. The Kier molecular flexibility index (Phi) is 3.01. The van der Waals surface area contributed by atoms with Crippen molar-refractivity contribution in [2.45, 2.75) is 13.3 Å². The molecule has 0 aliphatic carbocycles. The molecule has 1 aliphatic heterocycles. The SMILES string of the molecule is CC1(C(N)=O)CCN(c2nc(Cl)nc3ccccc23)C1. The van der Waals surface area contributed by atoms with E-state index in [4.69, 9.17) is 17.3 Å². The van der Waals surface area contributed by atoms with Crippen molar-refractivity contribution in [1.29, 1.82) is 0 Å². The fraction of sp³-hybridized carbons (Fsp3) is 0.357. The summed E-state index contributed by atoms with van der Waals surface area (Å²) in [6, 6.07) is 7.70. The third-order valence-electron chi connectivity index (χ3n) is 3.92. The smallest absolute Gasteiger partial charge is 0.225 e. The molecule has 0 spiro atoms. The van der Waals surface area contributed by atoms with Gasteiger partial charge in [-0.1, -0.05) is 12.1 Å². The molecule has 0 radical (unpaired) electrons. The van der Waals surface area contributed by atoms with Crippen LogP contribution < -0.4 is 10.6 Å². The molecule has 1 amide bonds. The topological polar surface area (TPSA) is 72.1 Å². The number of hydrogen-bond donors (Lipinski definition) is 1. The summed E-state index contributed by atoms with van der Waals surface area (Å²) in [4.78, 5) is 22.2. The minimum atomic E-state index is -0.515. The lowest BCUT2D eigenvalue weighted by Gasteiger charge is -2.22. The Morgan fingerprint density at radius 1 is 1.40 bits per heavy atom. The number of hydrogen-bond acceptors (Lipinski definition) is 4. The Bertz CT molecular complexity index is 690. The molecule has 1 unspecified atom stereocenters. The maximum absolute atomic E-state index is 11.6. The number of anilines is 1. The van der Waals surface area contributed by atoms with E-state index in [2.05, 4.69) is 14.9 Å². The number of carbonyl (C=O) groups excluding carboxylic acids is 1. The first-order valence-corrected chi connectivity index (χ1v) is 6.84. The van der Waals surface area contributed by atoms with E-state index >= 15 is 0 Å². The zero-order chi connectivity index (χ0) is 14.3. The number of para-hydroxylation sites is 1. The van der Waals surface area contributed by atoms with Crippen LogP contribution in [0.25, 0.3) is 10.9 Å². The van der Waals surface area contributed by atoms with Gasteiger partial charge in [-0.25, -0.2) is 4.98 Å². The fourth-order valence-electron chi connectivity index (χ4n) is 2.62. The molecule has 1 aromatic carbocycles. The Morgan fingerprint density at radius 3 is 2.85 bits per heavy atom. The lowest BCUT2D eigenvalue weighted by Crippen LogP contribution is -2.37. The van der Waals surface area contributed by atoms with E-state index in [-0.39, 0.29) is 11.2 Å². The van der Waals surface area contributed by atoms with Crippen LogP contribution in [0.1, 0.15) is 13.3 Å². The van der Waals surface area contributed by atoms with Crippen LogP contribution in [0.5, 0.6) is 0 Å². The van der Waals surface area contributed by atoms with Gasteiger partial charge in [0.25, 0.3) is 0 Å². The number of nitrogens with two attached hydrogens (primary N) is 1. The monoisotopic (exact) mass is 290 g/mol. The van der Waals surface area contributed by atoms with Crippen LogP contribution in [-0.2, 0) is 4.79 Å². The van der Waals surface area contributed by atoms with Gasteiger partial charge in [0, 0.05) is 18.5 Å². The van der Waals surface area contributed by atoms with Crippen LogP contribution in [0.15, 0.2) is 24.3 Å². The molecule has 1 atom stereocenters. The molecule has 1 aliphatic rings. The molecule has 1 aromatic heterocycles. The summed E-state index contributed by atoms with van der Waals surface area (Å²) in [5.74, 6) is 0.495. The first kappa shape index (κ1) is 13.1. The van der Waals surface area contributed by atoms with Crippen LogP contribution in [0, 0.1) is 5.41 Å². The predicted molar refractivity (Wildman–Crippen MR) is 78.7 cm³/mol. The van der Waals surface area contributed by atoms with E-state index in [9.17, 15) is 4.79 Å². The number of rotatable bonds is 2. The second-order valence-electron chi connectivity index (χ2n) is 5.43. The Labute approximate surface area is 121 Å². The molecule has 6 heteroatoms. The predicted octanol–water partition coefficient (Wildman–Crippen LogP) is 1.98. The lowest BCUT2D eigenvalue weighted by atomic mass is 9.89. The number of benzene rings is 1. The molecule has 1 saturated heterocycles. The van der Waals surface area contributed by atoms with Crippen molar-refractivity contribution in [2.75, 3.05) is 18.0 Å². The summed E-state index contributed by atoms with van der Waals surface area (Å²) in [6.07, 6.45) is 0.721. The van der Waals surface area contributed by atoms with Crippen LogP contribution in [0.4, 0.5) is 5.82 Å². The number of aromatic nitrogens is 2. The van der Waals surface area contributed by atoms with Gasteiger partial charge < -0.3 is 10.6 Å². The highest BCUT2D eigenvalue weighted by atomic mass is 35.5. The summed E-state index contributed by atoms with van der Waals surface area (Å²) < 4.78 is 0. The first-order chi connectivity index (χ1) is 9.49. The summed E-state index contributed by atoms with van der Waals surface area (Å²) in [7, 11) is 0. The number of nitrogens with zero attached hydrogens (tertiary/aromatic N) is 3. The third kappa shape index (κ3) is 2.08. The molecule has 2 N–H and O–H groups in total. The molecule has 0 bridgehead atoms. The van der Waals surface area contributed by atoms with E-state index in [1.165, 1.54) is 0 Å². The number of carbonyl (C=O) groups is 1. The molecule has 20 heavy (non-hydrogen) atoms. The van der Waals surface area contributed by atoms with E-state index in [0.717, 1.165) is 29.7 Å². The Hall–Kier alpha value is -1.88. The highest BCUT2D eigenvalue weighted by molar-refractivity contribution is 6.28. The zero-order valence-electron chi connectivity index (χ0n) is 11.1. The molecule has 3 rings (SSSR count). The molecule has 0 saturated carbocycles. The van der Waals surface area contributed by atoms with Gasteiger partial charge in [0.1, 0.15) is 5.82 Å². The lowest BCUT2D eigenvalue weighted by molar-refractivity contribution is -0.125. The highest BCUT2D eigenvalue weighted by Gasteiger charge is 2.39. The average Bonchev–Trinajstić information content (AvgIpc) is 2.82. The summed E-state index contributed by atoms with van der Waals surface area (Å²) in [6.45, 7) is 3.18. The van der Waals surface area contributed by atoms with E-state index in [1.54, 1.807) is 0 Å². The highest BCUT2D eigenvalue weighted by Crippen LogP contribution is 2.35. The van der Waals surface area contributed by atoms with Crippen molar-refractivity contribution in [3.05, 3.63) is 29.5 Å². The van der Waals surface area contributed by atoms with Crippen molar-refractivity contribution in [1.82, 2.24) is 9.97 Å². The minimum Gasteiger partial charge on any atom is -0.369 e. The summed E-state index contributed by atoms with van der Waals surface area (Å²) in [5, 5.41) is 1.15. The maximum Gasteiger partial charge on any atom is 0.225 e. The second-order valence-corrected chi connectivity index (χ2v) is 5.77. The summed E-state index contributed by atoms with van der Waals surface area (Å²) in [5.41, 5.74) is 5.78. The number of fused-ring (bicyclic) bond motifs is 1. The number of amides is 1. The van der Waals surface area contributed by atoms with Gasteiger partial charge in [0.15, 0.2) is 0 Å². The molecule has 2 heterocycles. The average molecular weight is 291 g/mol. The zero-order valence-corrected chi connectivity index (χ0v) is 11.9. The summed E-state index contributed by atoms with van der Waals surface area (Å²) >= 11 is 6.00. The first-order valence-electron chi connectivity index (χ1n) is 6.47. The van der Waals surface area contributed by atoms with Gasteiger partial charge in [-0.2, -0.15) is 4.98 Å². The normalized spacial score (nSPS) is 22.4. The molecule has 5 nitrogen and oxygen atoms in total. The van der Waals surface area contributed by atoms with Crippen LogP contribution in [0.3, 0.4) is 0 Å². The molecule has 104 valence electrons. The quantitative estimate of drug-likeness (QED) is 0.859. The maximum atomic E-state index is 11.6. The van der Waals surface area contributed by atoms with E-state index in [0.29, 0.717) is 6.54 Å². The van der Waals surface area contributed by atoms with Gasteiger partial charge in [-0.3, -0.25) is 4.79 Å². The molecule has 1 fully saturated rings. The van der Waals surface area contributed by atoms with Gasteiger partial charge in [-0.15, -0.1) is 0 Å². The van der Waals surface area contributed by atoms with Crippen LogP contribution in [0.2, 0.25) is 5.28 Å². The van der Waals surface area contributed by atoms with Gasteiger partial charge in [0.2, 0.25) is 11.2 Å².